The van der Waals surface area contributed by atoms with Crippen molar-refractivity contribution in [2.45, 2.75) is 19.1 Å². The first-order valence-corrected chi connectivity index (χ1v) is 4.89. The predicted octanol–water partition coefficient (Wildman–Crippen LogP) is 2.15. The highest BCUT2D eigenvalue weighted by Gasteiger charge is 2.23. The molecule has 0 bridgehead atoms. The molecule has 2 rings (SSSR count). The molecule has 1 N–H and O–H groups in total. The van der Waals surface area contributed by atoms with Gasteiger partial charge in [-0.1, -0.05) is 36.4 Å². The zero-order valence-electron chi connectivity index (χ0n) is 8.18. The lowest BCUT2D eigenvalue weighted by Crippen LogP contribution is -2.23. The van der Waals surface area contributed by atoms with Crippen molar-refractivity contribution in [3.63, 3.8) is 0 Å². The molecule has 2 atom stereocenters. The summed E-state index contributed by atoms with van der Waals surface area (Å²) >= 11 is 0. The summed E-state index contributed by atoms with van der Waals surface area (Å²) < 4.78 is 5.42. The third-order valence-corrected chi connectivity index (χ3v) is 2.45. The summed E-state index contributed by atoms with van der Waals surface area (Å²) in [6, 6.07) is 7.84. The number of hydrogen-bond acceptors (Lipinski definition) is 2. The molecule has 0 unspecified atom stereocenters. The highest BCUT2D eigenvalue weighted by Crippen LogP contribution is 2.29. The van der Waals surface area contributed by atoms with E-state index in [1.165, 1.54) is 0 Å². The molecular formula is C12H14O2. The summed E-state index contributed by atoms with van der Waals surface area (Å²) in [5.41, 5.74) is 2.03. The van der Waals surface area contributed by atoms with Gasteiger partial charge in [-0.05, 0) is 18.1 Å². The molecule has 1 aliphatic carbocycles. The van der Waals surface area contributed by atoms with Crippen molar-refractivity contribution in [2.75, 3.05) is 6.61 Å². The van der Waals surface area contributed by atoms with E-state index in [1.54, 1.807) is 0 Å². The molecule has 1 aliphatic rings. The lowest BCUT2D eigenvalue weighted by atomic mass is 9.93. The second-order valence-electron chi connectivity index (χ2n) is 3.35. The minimum atomic E-state index is -0.531. The van der Waals surface area contributed by atoms with Crippen LogP contribution in [0.25, 0.3) is 6.08 Å². The number of aliphatic hydroxyl groups excluding tert-OH is 1. The molecule has 2 heteroatoms. The van der Waals surface area contributed by atoms with Crippen LogP contribution in [0.3, 0.4) is 0 Å². The molecule has 2 nitrogen and oxygen atoms in total. The molecule has 0 saturated carbocycles. The van der Waals surface area contributed by atoms with E-state index >= 15 is 0 Å². The maximum absolute atomic E-state index is 9.98. The van der Waals surface area contributed by atoms with E-state index in [2.05, 4.69) is 0 Å². The molecule has 0 aliphatic heterocycles. The Kier molecular flexibility index (Phi) is 2.66. The second kappa shape index (κ2) is 3.95. The van der Waals surface area contributed by atoms with Gasteiger partial charge in [0, 0.05) is 6.61 Å². The Morgan fingerprint density at radius 1 is 1.36 bits per heavy atom. The van der Waals surface area contributed by atoms with Gasteiger partial charge in [-0.25, -0.2) is 0 Å². The molecule has 0 fully saturated rings. The average molecular weight is 190 g/mol. The molecule has 14 heavy (non-hydrogen) atoms. The Bertz CT molecular complexity index is 344. The van der Waals surface area contributed by atoms with Gasteiger partial charge in [0.2, 0.25) is 0 Å². The summed E-state index contributed by atoms with van der Waals surface area (Å²) in [5, 5.41) is 9.98. The number of hydrogen-bond donors (Lipinski definition) is 1. The Morgan fingerprint density at radius 3 is 2.93 bits per heavy atom. The third kappa shape index (κ3) is 1.59. The van der Waals surface area contributed by atoms with Crippen LogP contribution in [-0.4, -0.2) is 17.8 Å². The lowest BCUT2D eigenvalue weighted by Gasteiger charge is -2.25. The van der Waals surface area contributed by atoms with Crippen LogP contribution in [0, 0.1) is 0 Å². The number of fused-ring (bicyclic) bond motifs is 1. The molecule has 0 aromatic heterocycles. The van der Waals surface area contributed by atoms with Crippen molar-refractivity contribution in [1.29, 1.82) is 0 Å². The summed E-state index contributed by atoms with van der Waals surface area (Å²) in [5.74, 6) is 0. The summed E-state index contributed by atoms with van der Waals surface area (Å²) in [6.07, 6.45) is 3.19. The topological polar surface area (TPSA) is 29.5 Å². The van der Waals surface area contributed by atoms with E-state index in [0.29, 0.717) is 6.61 Å². The summed E-state index contributed by atoms with van der Waals surface area (Å²) in [4.78, 5) is 0. The summed E-state index contributed by atoms with van der Waals surface area (Å²) in [6.45, 7) is 2.55. The van der Waals surface area contributed by atoms with E-state index in [0.717, 1.165) is 11.1 Å². The lowest BCUT2D eigenvalue weighted by molar-refractivity contribution is -0.00669. The first kappa shape index (κ1) is 9.44. The Hall–Kier alpha value is -1.12. The number of benzene rings is 1. The second-order valence-corrected chi connectivity index (χ2v) is 3.35. The number of rotatable bonds is 2. The van der Waals surface area contributed by atoms with Gasteiger partial charge in [-0.2, -0.15) is 0 Å². The zero-order chi connectivity index (χ0) is 9.97. The van der Waals surface area contributed by atoms with Crippen molar-refractivity contribution in [3.8, 4) is 0 Å². The van der Waals surface area contributed by atoms with Crippen molar-refractivity contribution in [1.82, 2.24) is 0 Å². The van der Waals surface area contributed by atoms with Crippen LogP contribution >= 0.6 is 0 Å². The van der Waals surface area contributed by atoms with Crippen molar-refractivity contribution < 1.29 is 9.84 Å². The predicted molar refractivity (Wildman–Crippen MR) is 55.8 cm³/mol. The van der Waals surface area contributed by atoms with Gasteiger partial charge < -0.3 is 9.84 Å². The third-order valence-electron chi connectivity index (χ3n) is 2.45. The van der Waals surface area contributed by atoms with Crippen LogP contribution in [0.15, 0.2) is 30.3 Å². The Morgan fingerprint density at radius 2 is 2.14 bits per heavy atom. The van der Waals surface area contributed by atoms with E-state index in [1.807, 2.05) is 43.3 Å². The minimum Gasteiger partial charge on any atom is -0.385 e. The van der Waals surface area contributed by atoms with Gasteiger partial charge in [-0.15, -0.1) is 0 Å². The van der Waals surface area contributed by atoms with Crippen LogP contribution in [-0.2, 0) is 4.74 Å². The molecule has 1 aromatic rings. The zero-order valence-corrected chi connectivity index (χ0v) is 8.18. The first-order valence-electron chi connectivity index (χ1n) is 4.89. The summed E-state index contributed by atoms with van der Waals surface area (Å²) in [7, 11) is 0. The van der Waals surface area contributed by atoms with Gasteiger partial charge in [0.25, 0.3) is 0 Å². The fourth-order valence-electron chi connectivity index (χ4n) is 1.75. The van der Waals surface area contributed by atoms with Gasteiger partial charge >= 0.3 is 0 Å². The maximum atomic E-state index is 9.98. The smallest absolute Gasteiger partial charge is 0.109 e. The fraction of sp³-hybridized carbons (Fsp3) is 0.333. The molecule has 74 valence electrons. The standard InChI is InChI=1S/C12H14O2/c1-2-14-11-8-7-9-5-3-4-6-10(9)12(11)13/h3-8,11-13H,2H2,1H3/t11-,12-/m0/s1. The highest BCUT2D eigenvalue weighted by molar-refractivity contribution is 5.58. The fourth-order valence-corrected chi connectivity index (χ4v) is 1.75. The van der Waals surface area contributed by atoms with Gasteiger partial charge in [0.05, 0.1) is 0 Å². The van der Waals surface area contributed by atoms with Crippen LogP contribution in [0.5, 0.6) is 0 Å². The number of aliphatic hydroxyl groups is 1. The van der Waals surface area contributed by atoms with Crippen LogP contribution < -0.4 is 0 Å². The molecular weight excluding hydrogens is 176 g/mol. The van der Waals surface area contributed by atoms with Crippen LogP contribution in [0.4, 0.5) is 0 Å². The van der Waals surface area contributed by atoms with E-state index in [4.69, 9.17) is 4.74 Å². The normalized spacial score (nSPS) is 24.7. The van der Waals surface area contributed by atoms with Gasteiger partial charge in [0.1, 0.15) is 12.2 Å². The van der Waals surface area contributed by atoms with E-state index < -0.39 is 6.10 Å². The van der Waals surface area contributed by atoms with Crippen molar-refractivity contribution >= 4 is 6.08 Å². The van der Waals surface area contributed by atoms with Gasteiger partial charge in [0.15, 0.2) is 0 Å². The molecule has 0 radical (unpaired) electrons. The average Bonchev–Trinajstić information content (AvgIpc) is 2.23. The van der Waals surface area contributed by atoms with E-state index in [-0.39, 0.29) is 6.10 Å². The molecule has 0 saturated heterocycles. The first-order chi connectivity index (χ1) is 6.83. The van der Waals surface area contributed by atoms with E-state index in [9.17, 15) is 5.11 Å². The van der Waals surface area contributed by atoms with Crippen molar-refractivity contribution in [2.24, 2.45) is 0 Å². The van der Waals surface area contributed by atoms with Crippen molar-refractivity contribution in [3.05, 3.63) is 41.5 Å². The molecule has 0 amide bonds. The van der Waals surface area contributed by atoms with Crippen LogP contribution in [0.2, 0.25) is 0 Å². The molecule has 0 heterocycles. The monoisotopic (exact) mass is 190 g/mol. The maximum Gasteiger partial charge on any atom is 0.109 e. The quantitative estimate of drug-likeness (QED) is 0.774. The highest BCUT2D eigenvalue weighted by atomic mass is 16.5. The molecule has 0 spiro atoms. The molecule has 1 aromatic carbocycles. The number of ether oxygens (including phenoxy) is 1. The largest absolute Gasteiger partial charge is 0.385 e. The SMILES string of the molecule is CCO[C@H]1C=Cc2ccccc2[C@@H]1O. The van der Waals surface area contributed by atoms with Gasteiger partial charge in [-0.3, -0.25) is 0 Å². The minimum absolute atomic E-state index is 0.199. The van der Waals surface area contributed by atoms with Crippen LogP contribution in [0.1, 0.15) is 24.2 Å². The Labute approximate surface area is 83.8 Å². The Balaban J connectivity index is 2.30.